The van der Waals surface area contributed by atoms with Crippen LogP contribution in [0.2, 0.25) is 0 Å². The van der Waals surface area contributed by atoms with Crippen LogP contribution < -0.4 is 0 Å². The fraction of sp³-hybridized carbons (Fsp3) is 0.353. The Morgan fingerprint density at radius 2 is 2.10 bits per heavy atom. The standard InChI is InChI=1S/C17H18O4/c1-12-10-17(8-9-18)20-13(2)15(12)16(21-17)19-11-14-6-4-3-5-7-14/h3-7,9,15-16H,1-2,8,10-11H2/t15-,16+,17-/m0/s1. The molecule has 0 saturated carbocycles. The Morgan fingerprint density at radius 3 is 2.76 bits per heavy atom. The quantitative estimate of drug-likeness (QED) is 0.616. The highest BCUT2D eigenvalue weighted by Gasteiger charge is 2.53. The molecule has 1 aromatic carbocycles. The molecule has 21 heavy (non-hydrogen) atoms. The number of hydrogen-bond donors (Lipinski definition) is 0. The van der Waals surface area contributed by atoms with Gasteiger partial charge < -0.3 is 19.0 Å². The van der Waals surface area contributed by atoms with Crippen LogP contribution in [0.15, 0.2) is 54.8 Å². The fourth-order valence-corrected chi connectivity index (χ4v) is 2.88. The second kappa shape index (κ2) is 5.47. The lowest BCUT2D eigenvalue weighted by atomic mass is 9.84. The number of rotatable bonds is 5. The van der Waals surface area contributed by atoms with E-state index in [9.17, 15) is 4.79 Å². The van der Waals surface area contributed by atoms with Crippen LogP contribution in [-0.2, 0) is 25.6 Å². The molecule has 0 aliphatic carbocycles. The molecular formula is C17H18O4. The first-order valence-electron chi connectivity index (χ1n) is 6.96. The molecule has 3 atom stereocenters. The molecule has 110 valence electrons. The van der Waals surface area contributed by atoms with Crippen LogP contribution in [0.25, 0.3) is 0 Å². The number of hydrogen-bond acceptors (Lipinski definition) is 4. The largest absolute Gasteiger partial charge is 0.466 e. The zero-order valence-electron chi connectivity index (χ0n) is 11.8. The Hall–Kier alpha value is -1.91. The van der Waals surface area contributed by atoms with E-state index in [1.807, 2.05) is 30.3 Å². The molecule has 0 aromatic heterocycles. The summed E-state index contributed by atoms with van der Waals surface area (Å²) < 4.78 is 17.4. The minimum Gasteiger partial charge on any atom is -0.466 e. The topological polar surface area (TPSA) is 44.8 Å². The van der Waals surface area contributed by atoms with Crippen LogP contribution in [0.3, 0.4) is 0 Å². The van der Waals surface area contributed by atoms with Crippen molar-refractivity contribution in [3.8, 4) is 0 Å². The van der Waals surface area contributed by atoms with Gasteiger partial charge in [-0.15, -0.1) is 0 Å². The summed E-state index contributed by atoms with van der Waals surface area (Å²) >= 11 is 0. The summed E-state index contributed by atoms with van der Waals surface area (Å²) in [7, 11) is 0. The maximum Gasteiger partial charge on any atom is 0.222 e. The molecule has 0 N–H and O–H groups in total. The lowest BCUT2D eigenvalue weighted by Gasteiger charge is -2.51. The Kier molecular flexibility index (Phi) is 3.66. The Morgan fingerprint density at radius 1 is 1.33 bits per heavy atom. The summed E-state index contributed by atoms with van der Waals surface area (Å²) in [6, 6.07) is 9.85. The Bertz CT molecular complexity index is 545. The van der Waals surface area contributed by atoms with Crippen molar-refractivity contribution in [2.24, 2.45) is 5.92 Å². The van der Waals surface area contributed by atoms with Gasteiger partial charge in [0.05, 0.1) is 18.9 Å². The average molecular weight is 286 g/mol. The third-order valence-corrected chi connectivity index (χ3v) is 3.85. The number of carbonyl (C=O) groups is 1. The minimum absolute atomic E-state index is 0.142. The minimum atomic E-state index is -0.994. The van der Waals surface area contributed by atoms with E-state index in [-0.39, 0.29) is 12.3 Å². The van der Waals surface area contributed by atoms with Crippen LogP contribution in [0.5, 0.6) is 0 Å². The monoisotopic (exact) mass is 286 g/mol. The molecule has 2 bridgehead atoms. The molecular weight excluding hydrogens is 268 g/mol. The van der Waals surface area contributed by atoms with Gasteiger partial charge >= 0.3 is 0 Å². The summed E-state index contributed by atoms with van der Waals surface area (Å²) in [5.41, 5.74) is 2.00. The third-order valence-electron chi connectivity index (χ3n) is 3.85. The van der Waals surface area contributed by atoms with E-state index in [2.05, 4.69) is 13.2 Å². The summed E-state index contributed by atoms with van der Waals surface area (Å²) in [6.45, 7) is 8.41. The van der Waals surface area contributed by atoms with Crippen molar-refractivity contribution in [2.75, 3.05) is 0 Å². The highest BCUT2D eigenvalue weighted by atomic mass is 16.8. The molecule has 4 nitrogen and oxygen atoms in total. The SMILES string of the molecule is C=C1C[C@@]2(CC=O)OC(=C)[C@H]1[C@H](OCc1ccccc1)O2. The first kappa shape index (κ1) is 14.0. The van der Waals surface area contributed by atoms with Gasteiger partial charge in [-0.05, 0) is 5.56 Å². The van der Waals surface area contributed by atoms with E-state index in [0.29, 0.717) is 18.8 Å². The lowest BCUT2D eigenvalue weighted by Crippen LogP contribution is -2.55. The van der Waals surface area contributed by atoms with Gasteiger partial charge in [0, 0.05) is 6.42 Å². The van der Waals surface area contributed by atoms with E-state index >= 15 is 0 Å². The van der Waals surface area contributed by atoms with Gasteiger partial charge in [-0.25, -0.2) is 0 Å². The van der Waals surface area contributed by atoms with Gasteiger partial charge in [0.25, 0.3) is 0 Å². The van der Waals surface area contributed by atoms with Gasteiger partial charge in [0.15, 0.2) is 6.29 Å². The number of ether oxygens (including phenoxy) is 3. The molecule has 3 aliphatic heterocycles. The Balaban J connectivity index is 1.75. The van der Waals surface area contributed by atoms with E-state index < -0.39 is 12.1 Å². The van der Waals surface area contributed by atoms with Crippen molar-refractivity contribution in [1.82, 2.24) is 0 Å². The summed E-state index contributed by atoms with van der Waals surface area (Å²) in [4.78, 5) is 10.9. The summed E-state index contributed by atoms with van der Waals surface area (Å²) in [5, 5.41) is 0. The highest BCUT2D eigenvalue weighted by molar-refractivity contribution is 5.51. The molecule has 4 rings (SSSR count). The van der Waals surface area contributed by atoms with E-state index in [4.69, 9.17) is 14.2 Å². The molecule has 0 unspecified atom stereocenters. The Labute approximate surface area is 124 Å². The second-order valence-electron chi connectivity index (χ2n) is 5.45. The summed E-state index contributed by atoms with van der Waals surface area (Å²) in [6.07, 6.45) is 0.928. The number of fused-ring (bicyclic) bond motifs is 3. The third kappa shape index (κ3) is 2.64. The zero-order valence-corrected chi connectivity index (χ0v) is 11.8. The lowest BCUT2D eigenvalue weighted by molar-refractivity contribution is -0.356. The van der Waals surface area contributed by atoms with Crippen molar-refractivity contribution in [1.29, 1.82) is 0 Å². The van der Waals surface area contributed by atoms with E-state index in [1.165, 1.54) is 0 Å². The number of benzene rings is 1. The van der Waals surface area contributed by atoms with Crippen LogP contribution in [0.1, 0.15) is 18.4 Å². The maximum atomic E-state index is 10.9. The molecule has 1 aromatic rings. The normalized spacial score (nSPS) is 31.0. The molecule has 3 heterocycles. The van der Waals surface area contributed by atoms with Gasteiger partial charge in [-0.3, -0.25) is 0 Å². The molecule has 0 spiro atoms. The molecule has 0 radical (unpaired) electrons. The van der Waals surface area contributed by atoms with Crippen molar-refractivity contribution in [2.45, 2.75) is 31.5 Å². The predicted molar refractivity (Wildman–Crippen MR) is 77.0 cm³/mol. The van der Waals surface area contributed by atoms with Crippen LogP contribution in [0, 0.1) is 5.92 Å². The number of aldehydes is 1. The van der Waals surface area contributed by atoms with Gasteiger partial charge in [-0.1, -0.05) is 49.1 Å². The smallest absolute Gasteiger partial charge is 0.222 e. The fourth-order valence-electron chi connectivity index (χ4n) is 2.88. The molecule has 3 fully saturated rings. The average Bonchev–Trinajstić information content (AvgIpc) is 2.45. The van der Waals surface area contributed by atoms with Crippen LogP contribution >= 0.6 is 0 Å². The molecule has 3 saturated heterocycles. The van der Waals surface area contributed by atoms with Crippen molar-refractivity contribution in [3.63, 3.8) is 0 Å². The van der Waals surface area contributed by atoms with Crippen LogP contribution in [0.4, 0.5) is 0 Å². The highest BCUT2D eigenvalue weighted by Crippen LogP contribution is 2.49. The van der Waals surface area contributed by atoms with Gasteiger partial charge in [0.2, 0.25) is 5.79 Å². The number of carbonyl (C=O) groups excluding carboxylic acids is 1. The first-order chi connectivity index (χ1) is 10.1. The van der Waals surface area contributed by atoms with Crippen LogP contribution in [-0.4, -0.2) is 18.4 Å². The molecule has 0 amide bonds. The van der Waals surface area contributed by atoms with E-state index in [1.54, 1.807) is 0 Å². The second-order valence-corrected chi connectivity index (χ2v) is 5.45. The van der Waals surface area contributed by atoms with Crippen molar-refractivity contribution in [3.05, 3.63) is 60.4 Å². The zero-order chi connectivity index (χ0) is 14.9. The van der Waals surface area contributed by atoms with Crippen molar-refractivity contribution < 1.29 is 19.0 Å². The van der Waals surface area contributed by atoms with E-state index in [0.717, 1.165) is 17.4 Å². The summed E-state index contributed by atoms with van der Waals surface area (Å²) in [5.74, 6) is -0.605. The maximum absolute atomic E-state index is 10.9. The molecule has 3 aliphatic rings. The first-order valence-corrected chi connectivity index (χ1v) is 6.96. The van der Waals surface area contributed by atoms with Gasteiger partial charge in [0.1, 0.15) is 12.0 Å². The molecule has 4 heteroatoms. The van der Waals surface area contributed by atoms with Gasteiger partial charge in [-0.2, -0.15) is 0 Å². The predicted octanol–water partition coefficient (Wildman–Crippen LogP) is 2.95. The van der Waals surface area contributed by atoms with Crippen molar-refractivity contribution >= 4 is 6.29 Å².